The van der Waals surface area contributed by atoms with Crippen LogP contribution in [-0.2, 0) is 0 Å². The number of nitriles is 2. The van der Waals surface area contributed by atoms with Crippen LogP contribution >= 0.6 is 0 Å². The summed E-state index contributed by atoms with van der Waals surface area (Å²) >= 11 is 0. The second-order valence-corrected chi connectivity index (χ2v) is 9.84. The van der Waals surface area contributed by atoms with Gasteiger partial charge in [-0.3, -0.25) is 0 Å². The zero-order chi connectivity index (χ0) is 23.4. The van der Waals surface area contributed by atoms with Gasteiger partial charge in [0.05, 0.1) is 12.1 Å². The van der Waals surface area contributed by atoms with Crippen molar-refractivity contribution >= 4 is 0 Å². The molecule has 184 valence electrons. The Morgan fingerprint density at radius 2 is 0.594 bits per heavy atom. The molecule has 0 unspecified atom stereocenters. The Morgan fingerprint density at radius 3 is 0.844 bits per heavy atom. The molecule has 0 bridgehead atoms. The number of hydrogen-bond acceptors (Lipinski definition) is 2. The van der Waals surface area contributed by atoms with E-state index in [1.807, 2.05) is 0 Å². The van der Waals surface area contributed by atoms with Gasteiger partial charge in [0.2, 0.25) is 0 Å². The van der Waals surface area contributed by atoms with E-state index >= 15 is 0 Å². The van der Waals surface area contributed by atoms with E-state index in [1.165, 1.54) is 147 Å². The van der Waals surface area contributed by atoms with Gasteiger partial charge >= 0.3 is 0 Å². The van der Waals surface area contributed by atoms with Gasteiger partial charge in [-0.05, 0) is 38.5 Å². The summed E-state index contributed by atoms with van der Waals surface area (Å²) in [6.45, 7) is 4.31. The summed E-state index contributed by atoms with van der Waals surface area (Å²) in [5.41, 5.74) is 1.48. The predicted molar refractivity (Wildman–Crippen MR) is 140 cm³/mol. The standard InChI is InChI=1S/C30H54N2/c1-30(26-22-18-14-10-6-2-4-8-12-16-20-24-28-31)27-23-19-15-11-7-3-5-9-13-17-21-25-29-32/h1-27H2. The first-order valence-corrected chi connectivity index (χ1v) is 14.2. The van der Waals surface area contributed by atoms with Crippen LogP contribution in [0.5, 0.6) is 0 Å². The number of unbranched alkanes of at least 4 members (excludes halogenated alkanes) is 22. The third-order valence-corrected chi connectivity index (χ3v) is 6.64. The van der Waals surface area contributed by atoms with Gasteiger partial charge in [0.25, 0.3) is 0 Å². The van der Waals surface area contributed by atoms with Crippen molar-refractivity contribution in [3.63, 3.8) is 0 Å². The van der Waals surface area contributed by atoms with Crippen molar-refractivity contribution in [1.29, 1.82) is 10.5 Å². The Bertz CT molecular complexity index is 426. The normalized spacial score (nSPS) is 10.7. The van der Waals surface area contributed by atoms with Gasteiger partial charge in [0.1, 0.15) is 0 Å². The Morgan fingerprint density at radius 1 is 0.375 bits per heavy atom. The van der Waals surface area contributed by atoms with Crippen molar-refractivity contribution in [2.45, 2.75) is 167 Å². The van der Waals surface area contributed by atoms with Gasteiger partial charge in [-0.2, -0.15) is 10.5 Å². The van der Waals surface area contributed by atoms with E-state index in [1.54, 1.807) is 0 Å². The molecule has 0 saturated carbocycles. The SMILES string of the molecule is C=C(CCCCCCCCCCCCCC#N)CCCCCCCCCCCCCC#N. The quantitative estimate of drug-likeness (QED) is 0.0987. The minimum Gasteiger partial charge on any atom is -0.198 e. The lowest BCUT2D eigenvalue weighted by molar-refractivity contribution is 0.539. The number of allylic oxidation sites excluding steroid dienone is 1. The van der Waals surface area contributed by atoms with Crippen LogP contribution in [0.25, 0.3) is 0 Å². The van der Waals surface area contributed by atoms with Gasteiger partial charge < -0.3 is 0 Å². The van der Waals surface area contributed by atoms with Crippen LogP contribution in [0.1, 0.15) is 167 Å². The highest BCUT2D eigenvalue weighted by Crippen LogP contribution is 2.18. The van der Waals surface area contributed by atoms with Crippen LogP contribution in [0.2, 0.25) is 0 Å². The summed E-state index contributed by atoms with van der Waals surface area (Å²) in [7, 11) is 0. The molecule has 0 rings (SSSR count). The maximum absolute atomic E-state index is 8.51. The lowest BCUT2D eigenvalue weighted by atomic mass is 10.00. The van der Waals surface area contributed by atoms with Crippen LogP contribution in [0.15, 0.2) is 12.2 Å². The van der Waals surface area contributed by atoms with Crippen LogP contribution in [0, 0.1) is 22.7 Å². The summed E-state index contributed by atoms with van der Waals surface area (Å²) in [6.07, 6.45) is 33.4. The van der Waals surface area contributed by atoms with E-state index in [4.69, 9.17) is 10.5 Å². The largest absolute Gasteiger partial charge is 0.198 e. The highest BCUT2D eigenvalue weighted by atomic mass is 14.2. The van der Waals surface area contributed by atoms with Crippen molar-refractivity contribution in [3.05, 3.63) is 12.2 Å². The van der Waals surface area contributed by atoms with E-state index < -0.39 is 0 Å². The summed E-state index contributed by atoms with van der Waals surface area (Å²) in [5, 5.41) is 17.0. The molecule has 0 aromatic carbocycles. The molecule has 0 aliphatic carbocycles. The molecule has 0 aliphatic heterocycles. The molecule has 0 aliphatic rings. The fourth-order valence-corrected chi connectivity index (χ4v) is 4.47. The van der Waals surface area contributed by atoms with Crippen LogP contribution in [0.4, 0.5) is 0 Å². The van der Waals surface area contributed by atoms with Crippen LogP contribution in [0.3, 0.4) is 0 Å². The third-order valence-electron chi connectivity index (χ3n) is 6.64. The average Bonchev–Trinajstić information content (AvgIpc) is 2.80. The molecule has 0 atom stereocenters. The first-order chi connectivity index (χ1) is 15.8. The molecule has 2 nitrogen and oxygen atoms in total. The summed E-state index contributed by atoms with van der Waals surface area (Å²) in [6, 6.07) is 4.46. The number of rotatable bonds is 26. The first-order valence-electron chi connectivity index (χ1n) is 14.2. The molecule has 0 aromatic rings. The highest BCUT2D eigenvalue weighted by molar-refractivity contribution is 4.93. The Kier molecular flexibility index (Phi) is 26.6. The summed E-state index contributed by atoms with van der Waals surface area (Å²) < 4.78 is 0. The van der Waals surface area contributed by atoms with E-state index in [-0.39, 0.29) is 0 Å². The van der Waals surface area contributed by atoms with Crippen molar-refractivity contribution in [3.8, 4) is 12.1 Å². The minimum atomic E-state index is 0.736. The minimum absolute atomic E-state index is 0.736. The molecule has 0 aromatic heterocycles. The topological polar surface area (TPSA) is 47.6 Å². The maximum atomic E-state index is 8.51. The van der Waals surface area contributed by atoms with E-state index in [2.05, 4.69) is 18.7 Å². The summed E-state index contributed by atoms with van der Waals surface area (Å²) in [5.74, 6) is 0. The fourth-order valence-electron chi connectivity index (χ4n) is 4.47. The fraction of sp³-hybridized carbons (Fsp3) is 0.867. The van der Waals surface area contributed by atoms with Gasteiger partial charge in [-0.25, -0.2) is 0 Å². The summed E-state index contributed by atoms with van der Waals surface area (Å²) in [4.78, 5) is 0. The van der Waals surface area contributed by atoms with Gasteiger partial charge in [-0.1, -0.05) is 128 Å². The number of hydrogen-bond donors (Lipinski definition) is 0. The Labute approximate surface area is 201 Å². The smallest absolute Gasteiger partial charge is 0.0621 e. The molecule has 32 heavy (non-hydrogen) atoms. The maximum Gasteiger partial charge on any atom is 0.0621 e. The second kappa shape index (κ2) is 27.8. The van der Waals surface area contributed by atoms with Gasteiger partial charge in [-0.15, -0.1) is 0 Å². The monoisotopic (exact) mass is 442 g/mol. The van der Waals surface area contributed by atoms with Gasteiger partial charge in [0.15, 0.2) is 0 Å². The van der Waals surface area contributed by atoms with Gasteiger partial charge in [0, 0.05) is 12.8 Å². The first kappa shape index (κ1) is 30.7. The Hall–Kier alpha value is -1.28. The molecule has 2 heteroatoms. The number of nitrogens with zero attached hydrogens (tertiary/aromatic N) is 2. The van der Waals surface area contributed by atoms with E-state index in [0.29, 0.717) is 0 Å². The van der Waals surface area contributed by atoms with Crippen molar-refractivity contribution < 1.29 is 0 Å². The van der Waals surface area contributed by atoms with Crippen LogP contribution < -0.4 is 0 Å². The highest BCUT2D eigenvalue weighted by Gasteiger charge is 1.98. The van der Waals surface area contributed by atoms with Crippen molar-refractivity contribution in [2.75, 3.05) is 0 Å². The zero-order valence-corrected chi connectivity index (χ0v) is 21.5. The molecule has 0 N–H and O–H groups in total. The lowest BCUT2D eigenvalue weighted by Gasteiger charge is -2.06. The molecular weight excluding hydrogens is 388 g/mol. The molecule has 0 saturated heterocycles. The zero-order valence-electron chi connectivity index (χ0n) is 21.5. The second-order valence-electron chi connectivity index (χ2n) is 9.84. The Balaban J connectivity index is 3.15. The van der Waals surface area contributed by atoms with E-state index in [9.17, 15) is 0 Å². The third kappa shape index (κ3) is 26.8. The molecular formula is C30H54N2. The molecule has 0 spiro atoms. The van der Waals surface area contributed by atoms with Crippen LogP contribution in [-0.4, -0.2) is 0 Å². The molecule has 0 heterocycles. The molecule has 0 amide bonds. The molecule has 0 radical (unpaired) electrons. The molecule has 0 fully saturated rings. The van der Waals surface area contributed by atoms with Crippen molar-refractivity contribution in [1.82, 2.24) is 0 Å². The van der Waals surface area contributed by atoms with Crippen molar-refractivity contribution in [2.24, 2.45) is 0 Å². The predicted octanol–water partition coefficient (Wildman–Crippen LogP) is 10.7. The van der Waals surface area contributed by atoms with E-state index in [0.717, 1.165) is 25.7 Å². The average molecular weight is 443 g/mol. The lowest BCUT2D eigenvalue weighted by Crippen LogP contribution is -1.87.